The largest absolute Gasteiger partial charge is 0.489 e. The average Bonchev–Trinajstić information content (AvgIpc) is 2.52. The lowest BCUT2D eigenvalue weighted by Crippen LogP contribution is -2.16. The van der Waals surface area contributed by atoms with E-state index in [4.69, 9.17) is 9.47 Å². The van der Waals surface area contributed by atoms with Crippen molar-refractivity contribution >= 4 is 6.29 Å². The highest BCUT2D eigenvalue weighted by Gasteiger charge is 2.20. The number of hydrogen-bond donors (Lipinski definition) is 0. The highest BCUT2D eigenvalue weighted by molar-refractivity contribution is 5.79. The van der Waals surface area contributed by atoms with Crippen LogP contribution in [0.15, 0.2) is 42.5 Å². The Labute approximate surface area is 138 Å². The molecule has 0 N–H and O–H groups in total. The van der Waals surface area contributed by atoms with Crippen LogP contribution in [0.2, 0.25) is 0 Å². The maximum absolute atomic E-state index is 11.0. The molecule has 0 aromatic heterocycles. The van der Waals surface area contributed by atoms with Gasteiger partial charge in [0.15, 0.2) is 6.29 Å². The van der Waals surface area contributed by atoms with Crippen molar-refractivity contribution in [1.82, 2.24) is 0 Å². The first-order valence-corrected chi connectivity index (χ1v) is 7.83. The second-order valence-corrected chi connectivity index (χ2v) is 6.55. The van der Waals surface area contributed by atoms with E-state index in [2.05, 4.69) is 32.9 Å². The Morgan fingerprint density at radius 3 is 2.35 bits per heavy atom. The van der Waals surface area contributed by atoms with Gasteiger partial charge in [0.25, 0.3) is 0 Å². The third-order valence-electron chi connectivity index (χ3n) is 3.65. The van der Waals surface area contributed by atoms with Crippen LogP contribution in [-0.4, -0.2) is 19.5 Å². The van der Waals surface area contributed by atoms with Crippen LogP contribution in [0.5, 0.6) is 11.5 Å². The molecule has 0 atom stereocenters. The molecule has 0 aliphatic carbocycles. The van der Waals surface area contributed by atoms with Crippen molar-refractivity contribution in [2.45, 2.75) is 33.1 Å². The summed E-state index contributed by atoms with van der Waals surface area (Å²) >= 11 is 0. The van der Waals surface area contributed by atoms with E-state index in [1.807, 2.05) is 25.1 Å². The molecule has 0 spiro atoms. The lowest BCUT2D eigenvalue weighted by Gasteiger charge is -2.24. The molecular formula is C20H24O3. The van der Waals surface area contributed by atoms with Crippen molar-refractivity contribution in [3.63, 3.8) is 0 Å². The molecule has 2 rings (SSSR count). The molecule has 0 aliphatic heterocycles. The molecule has 0 saturated heterocycles. The molecule has 0 bridgehead atoms. The number of rotatable bonds is 6. The number of ether oxygens (including phenoxy) is 2. The van der Waals surface area contributed by atoms with Crippen LogP contribution in [0.4, 0.5) is 0 Å². The third kappa shape index (κ3) is 4.35. The van der Waals surface area contributed by atoms with Crippen LogP contribution in [0.3, 0.4) is 0 Å². The number of carbonyl (C=O) groups is 1. The minimum Gasteiger partial charge on any atom is -0.489 e. The lowest BCUT2D eigenvalue weighted by atomic mass is 9.85. The summed E-state index contributed by atoms with van der Waals surface area (Å²) in [5.74, 6) is 1.51. The summed E-state index contributed by atoms with van der Waals surface area (Å²) in [5.41, 5.74) is 2.88. The van der Waals surface area contributed by atoms with Crippen molar-refractivity contribution in [2.75, 3.05) is 13.2 Å². The van der Waals surface area contributed by atoms with Gasteiger partial charge in [0.1, 0.15) is 24.7 Å². The molecule has 3 nitrogen and oxygen atoms in total. The van der Waals surface area contributed by atoms with Crippen molar-refractivity contribution in [1.29, 1.82) is 0 Å². The molecule has 23 heavy (non-hydrogen) atoms. The van der Waals surface area contributed by atoms with E-state index in [0.717, 1.165) is 17.6 Å². The van der Waals surface area contributed by atoms with Crippen LogP contribution in [0.1, 0.15) is 42.3 Å². The topological polar surface area (TPSA) is 35.5 Å². The summed E-state index contributed by atoms with van der Waals surface area (Å²) in [4.78, 5) is 11.0. The zero-order chi connectivity index (χ0) is 16.9. The van der Waals surface area contributed by atoms with Gasteiger partial charge in [-0.2, -0.15) is 0 Å². The molecule has 2 aromatic carbocycles. The molecule has 0 amide bonds. The van der Waals surface area contributed by atoms with Crippen LogP contribution in [0, 0.1) is 6.92 Å². The first kappa shape index (κ1) is 17.1. The van der Waals surface area contributed by atoms with Crippen molar-refractivity contribution < 1.29 is 14.3 Å². The van der Waals surface area contributed by atoms with Crippen LogP contribution < -0.4 is 9.47 Å². The van der Waals surface area contributed by atoms with E-state index in [1.54, 1.807) is 12.1 Å². The summed E-state index contributed by atoms with van der Waals surface area (Å²) in [6.45, 7) is 9.39. The van der Waals surface area contributed by atoms with E-state index in [-0.39, 0.29) is 5.41 Å². The van der Waals surface area contributed by atoms with Gasteiger partial charge in [0.05, 0.1) is 5.56 Å². The van der Waals surface area contributed by atoms with Crippen LogP contribution in [-0.2, 0) is 5.41 Å². The van der Waals surface area contributed by atoms with Gasteiger partial charge in [-0.25, -0.2) is 0 Å². The number of aryl methyl sites for hydroxylation is 1. The number of benzene rings is 2. The Morgan fingerprint density at radius 1 is 0.957 bits per heavy atom. The first-order chi connectivity index (χ1) is 10.9. The fourth-order valence-corrected chi connectivity index (χ4v) is 2.44. The van der Waals surface area contributed by atoms with Gasteiger partial charge in [-0.15, -0.1) is 0 Å². The summed E-state index contributed by atoms with van der Waals surface area (Å²) in [6, 6.07) is 13.4. The second kappa shape index (κ2) is 7.32. The highest BCUT2D eigenvalue weighted by atomic mass is 16.5. The van der Waals surface area contributed by atoms with Gasteiger partial charge in [-0.1, -0.05) is 51.1 Å². The zero-order valence-corrected chi connectivity index (χ0v) is 14.3. The molecule has 0 saturated carbocycles. The monoisotopic (exact) mass is 312 g/mol. The molecule has 0 heterocycles. The average molecular weight is 312 g/mol. The van der Waals surface area contributed by atoms with Gasteiger partial charge in [0.2, 0.25) is 0 Å². The number of hydrogen-bond acceptors (Lipinski definition) is 3. The maximum atomic E-state index is 11.0. The van der Waals surface area contributed by atoms with E-state index in [9.17, 15) is 4.79 Å². The van der Waals surface area contributed by atoms with E-state index >= 15 is 0 Å². The molecule has 0 radical (unpaired) electrons. The SMILES string of the molecule is Cc1cccc(C(C)(C)C)c1OCCOc1ccccc1C=O. The molecular weight excluding hydrogens is 288 g/mol. The van der Waals surface area contributed by atoms with Crippen LogP contribution in [0.25, 0.3) is 0 Å². The Kier molecular flexibility index (Phi) is 5.43. The summed E-state index contributed by atoms with van der Waals surface area (Å²) < 4.78 is 11.6. The van der Waals surface area contributed by atoms with E-state index < -0.39 is 0 Å². The minimum atomic E-state index is 0.0202. The second-order valence-electron chi connectivity index (χ2n) is 6.55. The standard InChI is InChI=1S/C20H24O3/c1-15-8-7-10-17(20(2,3)4)19(15)23-13-12-22-18-11-6-5-9-16(18)14-21/h5-11,14H,12-13H2,1-4H3. The fourth-order valence-electron chi connectivity index (χ4n) is 2.44. The Hall–Kier alpha value is -2.29. The normalized spacial score (nSPS) is 11.1. The quantitative estimate of drug-likeness (QED) is 0.579. The van der Waals surface area contributed by atoms with Gasteiger partial charge in [-0.3, -0.25) is 4.79 Å². The third-order valence-corrected chi connectivity index (χ3v) is 3.65. The van der Waals surface area contributed by atoms with E-state index in [1.165, 1.54) is 5.56 Å². The zero-order valence-electron chi connectivity index (χ0n) is 14.3. The van der Waals surface area contributed by atoms with Crippen molar-refractivity contribution in [2.24, 2.45) is 0 Å². The number of aldehydes is 1. The molecule has 0 fully saturated rings. The molecule has 0 aliphatic rings. The Morgan fingerprint density at radius 2 is 1.65 bits per heavy atom. The minimum absolute atomic E-state index is 0.0202. The fraction of sp³-hybridized carbons (Fsp3) is 0.350. The van der Waals surface area contributed by atoms with Gasteiger partial charge >= 0.3 is 0 Å². The van der Waals surface area contributed by atoms with E-state index in [0.29, 0.717) is 24.5 Å². The maximum Gasteiger partial charge on any atom is 0.153 e. The number of carbonyl (C=O) groups excluding carboxylic acids is 1. The summed E-state index contributed by atoms with van der Waals surface area (Å²) in [6.07, 6.45) is 0.801. The summed E-state index contributed by atoms with van der Waals surface area (Å²) in [5, 5.41) is 0. The van der Waals surface area contributed by atoms with Crippen LogP contribution >= 0.6 is 0 Å². The van der Waals surface area contributed by atoms with Crippen molar-refractivity contribution in [3.05, 3.63) is 59.2 Å². The summed E-state index contributed by atoms with van der Waals surface area (Å²) in [7, 11) is 0. The molecule has 3 heteroatoms. The Balaban J connectivity index is 2.01. The molecule has 122 valence electrons. The van der Waals surface area contributed by atoms with Gasteiger partial charge in [-0.05, 0) is 35.6 Å². The highest BCUT2D eigenvalue weighted by Crippen LogP contribution is 2.33. The predicted octanol–water partition coefficient (Wildman–Crippen LogP) is 4.56. The van der Waals surface area contributed by atoms with Crippen molar-refractivity contribution in [3.8, 4) is 11.5 Å². The smallest absolute Gasteiger partial charge is 0.153 e. The number of para-hydroxylation sites is 2. The molecule has 2 aromatic rings. The predicted molar refractivity (Wildman–Crippen MR) is 92.7 cm³/mol. The van der Waals surface area contributed by atoms with Gasteiger partial charge in [0, 0.05) is 0 Å². The Bertz CT molecular complexity index is 669. The van der Waals surface area contributed by atoms with Gasteiger partial charge < -0.3 is 9.47 Å². The first-order valence-electron chi connectivity index (χ1n) is 7.83. The lowest BCUT2D eigenvalue weighted by molar-refractivity contribution is 0.111. The molecule has 0 unspecified atom stereocenters.